The number of hydrogen-bond acceptors (Lipinski definition) is 6. The molecular formula is C20H19N3O3S. The normalized spacial score (nSPS) is 10.4. The molecule has 0 aliphatic carbocycles. The number of methoxy groups -OCH3 is 1. The number of benzene rings is 2. The Hall–Kier alpha value is -3.06. The lowest BCUT2D eigenvalue weighted by molar-refractivity contribution is 0.0943. The van der Waals surface area contributed by atoms with Gasteiger partial charge in [-0.1, -0.05) is 23.4 Å². The smallest absolute Gasteiger partial charge is 0.252 e. The standard InChI is InChI=1S/C20H19N3O3S/c1-3-12-27-17-7-5-4-6-16(17)20(24)21-13-18-22-19(23-26-18)14-8-10-15(25-2)11-9-14/h3-11H,1,12-13H2,2H3,(H,21,24). The summed E-state index contributed by atoms with van der Waals surface area (Å²) in [6.07, 6.45) is 1.80. The number of nitrogens with one attached hydrogen (secondary N) is 1. The average molecular weight is 381 g/mol. The summed E-state index contributed by atoms with van der Waals surface area (Å²) < 4.78 is 10.4. The highest BCUT2D eigenvalue weighted by molar-refractivity contribution is 7.99. The van der Waals surface area contributed by atoms with Crippen LogP contribution in [0.5, 0.6) is 5.75 Å². The molecule has 1 aromatic heterocycles. The van der Waals surface area contributed by atoms with Crippen molar-refractivity contribution in [3.63, 3.8) is 0 Å². The monoisotopic (exact) mass is 381 g/mol. The number of rotatable bonds is 8. The third kappa shape index (κ3) is 4.77. The van der Waals surface area contributed by atoms with Gasteiger partial charge in [0.2, 0.25) is 11.7 Å². The summed E-state index contributed by atoms with van der Waals surface area (Å²) in [4.78, 5) is 17.7. The first-order valence-electron chi connectivity index (χ1n) is 8.29. The van der Waals surface area contributed by atoms with E-state index in [4.69, 9.17) is 9.26 Å². The fraction of sp³-hybridized carbons (Fsp3) is 0.150. The van der Waals surface area contributed by atoms with Gasteiger partial charge in [-0.3, -0.25) is 4.79 Å². The summed E-state index contributed by atoms with van der Waals surface area (Å²) in [5.74, 6) is 2.10. The van der Waals surface area contributed by atoms with Crippen molar-refractivity contribution < 1.29 is 14.1 Å². The van der Waals surface area contributed by atoms with Crippen molar-refractivity contribution in [3.8, 4) is 17.1 Å². The zero-order valence-corrected chi connectivity index (χ0v) is 15.7. The van der Waals surface area contributed by atoms with Gasteiger partial charge in [0, 0.05) is 16.2 Å². The minimum Gasteiger partial charge on any atom is -0.497 e. The number of nitrogens with zero attached hydrogens (tertiary/aromatic N) is 2. The Morgan fingerprint density at radius 2 is 2.04 bits per heavy atom. The van der Waals surface area contributed by atoms with Crippen molar-refractivity contribution in [1.29, 1.82) is 0 Å². The molecule has 0 fully saturated rings. The van der Waals surface area contributed by atoms with Crippen LogP contribution in [0.2, 0.25) is 0 Å². The molecule has 0 atom stereocenters. The fourth-order valence-electron chi connectivity index (χ4n) is 2.36. The quantitative estimate of drug-likeness (QED) is 0.470. The summed E-state index contributed by atoms with van der Waals surface area (Å²) in [6.45, 7) is 3.86. The Kier molecular flexibility index (Phi) is 6.27. The second-order valence-electron chi connectivity index (χ2n) is 5.52. The summed E-state index contributed by atoms with van der Waals surface area (Å²) in [6, 6.07) is 14.8. The van der Waals surface area contributed by atoms with E-state index in [1.807, 2.05) is 42.5 Å². The molecular weight excluding hydrogens is 362 g/mol. The van der Waals surface area contributed by atoms with Crippen LogP contribution in [0, 0.1) is 0 Å². The van der Waals surface area contributed by atoms with Crippen molar-refractivity contribution in [2.45, 2.75) is 11.4 Å². The molecule has 138 valence electrons. The average Bonchev–Trinajstić information content (AvgIpc) is 3.20. The van der Waals surface area contributed by atoms with E-state index in [1.165, 1.54) is 0 Å². The van der Waals surface area contributed by atoms with E-state index in [0.717, 1.165) is 22.0 Å². The number of ether oxygens (including phenoxy) is 1. The predicted octanol–water partition coefficient (Wildman–Crippen LogP) is 3.95. The number of aromatic nitrogens is 2. The Balaban J connectivity index is 1.64. The minimum atomic E-state index is -0.189. The molecule has 7 heteroatoms. The van der Waals surface area contributed by atoms with Gasteiger partial charge < -0.3 is 14.6 Å². The number of amides is 1. The Morgan fingerprint density at radius 3 is 2.78 bits per heavy atom. The third-order valence-electron chi connectivity index (χ3n) is 3.70. The van der Waals surface area contributed by atoms with Gasteiger partial charge >= 0.3 is 0 Å². The molecule has 3 rings (SSSR count). The summed E-state index contributed by atoms with van der Waals surface area (Å²) >= 11 is 1.56. The van der Waals surface area contributed by atoms with Crippen LogP contribution < -0.4 is 10.1 Å². The van der Waals surface area contributed by atoms with Crippen molar-refractivity contribution in [2.24, 2.45) is 0 Å². The highest BCUT2D eigenvalue weighted by atomic mass is 32.2. The summed E-state index contributed by atoms with van der Waals surface area (Å²) in [7, 11) is 1.61. The maximum absolute atomic E-state index is 12.5. The molecule has 0 saturated heterocycles. The van der Waals surface area contributed by atoms with Gasteiger partial charge in [-0.2, -0.15) is 4.98 Å². The topological polar surface area (TPSA) is 77.2 Å². The first kappa shape index (κ1) is 18.7. The molecule has 1 amide bonds. The SMILES string of the molecule is C=CCSc1ccccc1C(=O)NCc1nc(-c2ccc(OC)cc2)no1. The molecule has 1 heterocycles. The lowest BCUT2D eigenvalue weighted by atomic mass is 10.2. The lowest BCUT2D eigenvalue weighted by Gasteiger charge is -2.07. The molecule has 27 heavy (non-hydrogen) atoms. The number of thioether (sulfide) groups is 1. The first-order chi connectivity index (χ1) is 13.2. The zero-order chi connectivity index (χ0) is 19.1. The van der Waals surface area contributed by atoms with Gasteiger partial charge in [-0.25, -0.2) is 0 Å². The second-order valence-corrected chi connectivity index (χ2v) is 6.58. The number of carbonyl (C=O) groups is 1. The van der Waals surface area contributed by atoms with E-state index < -0.39 is 0 Å². The van der Waals surface area contributed by atoms with Crippen LogP contribution in [0.3, 0.4) is 0 Å². The van der Waals surface area contributed by atoms with Gasteiger partial charge in [0.15, 0.2) is 0 Å². The van der Waals surface area contributed by atoms with E-state index in [-0.39, 0.29) is 12.5 Å². The Morgan fingerprint density at radius 1 is 1.26 bits per heavy atom. The van der Waals surface area contributed by atoms with E-state index >= 15 is 0 Å². The highest BCUT2D eigenvalue weighted by Crippen LogP contribution is 2.23. The van der Waals surface area contributed by atoms with Crippen LogP contribution in [0.1, 0.15) is 16.2 Å². The van der Waals surface area contributed by atoms with Gasteiger partial charge in [0.1, 0.15) is 5.75 Å². The lowest BCUT2D eigenvalue weighted by Crippen LogP contribution is -2.23. The van der Waals surface area contributed by atoms with Crippen LogP contribution in [0.25, 0.3) is 11.4 Å². The van der Waals surface area contributed by atoms with E-state index in [1.54, 1.807) is 31.0 Å². The fourth-order valence-corrected chi connectivity index (χ4v) is 3.15. The van der Waals surface area contributed by atoms with Crippen molar-refractivity contribution in [1.82, 2.24) is 15.5 Å². The molecule has 3 aromatic rings. The third-order valence-corrected chi connectivity index (χ3v) is 4.77. The van der Waals surface area contributed by atoms with E-state index in [0.29, 0.717) is 17.3 Å². The maximum atomic E-state index is 12.5. The van der Waals surface area contributed by atoms with Gasteiger partial charge in [-0.15, -0.1) is 18.3 Å². The summed E-state index contributed by atoms with van der Waals surface area (Å²) in [5, 5.41) is 6.78. The van der Waals surface area contributed by atoms with Crippen molar-refractivity contribution in [3.05, 3.63) is 72.6 Å². The van der Waals surface area contributed by atoms with Crippen molar-refractivity contribution in [2.75, 3.05) is 12.9 Å². The first-order valence-corrected chi connectivity index (χ1v) is 9.27. The van der Waals surface area contributed by atoms with Gasteiger partial charge in [0.05, 0.1) is 19.2 Å². The molecule has 0 unspecified atom stereocenters. The molecule has 6 nitrogen and oxygen atoms in total. The van der Waals surface area contributed by atoms with Gasteiger partial charge in [0.25, 0.3) is 5.91 Å². The Bertz CT molecular complexity index is 922. The highest BCUT2D eigenvalue weighted by Gasteiger charge is 2.13. The second kappa shape index (κ2) is 9.05. The molecule has 0 aliphatic heterocycles. The van der Waals surface area contributed by atoms with E-state index in [2.05, 4.69) is 22.0 Å². The van der Waals surface area contributed by atoms with Crippen molar-refractivity contribution >= 4 is 17.7 Å². The van der Waals surface area contributed by atoms with Crippen LogP contribution in [0.15, 0.2) is 70.6 Å². The maximum Gasteiger partial charge on any atom is 0.252 e. The molecule has 0 bridgehead atoms. The van der Waals surface area contributed by atoms with Crippen LogP contribution in [-0.4, -0.2) is 28.9 Å². The van der Waals surface area contributed by atoms with E-state index in [9.17, 15) is 4.79 Å². The Labute approximate surface area is 161 Å². The molecule has 1 N–H and O–H groups in total. The van der Waals surface area contributed by atoms with Gasteiger partial charge in [-0.05, 0) is 36.4 Å². The predicted molar refractivity (Wildman–Crippen MR) is 105 cm³/mol. The number of carbonyl (C=O) groups excluding carboxylic acids is 1. The molecule has 2 aromatic carbocycles. The molecule has 0 aliphatic rings. The minimum absolute atomic E-state index is 0.155. The molecule has 0 saturated carbocycles. The van der Waals surface area contributed by atoms with Crippen LogP contribution in [0.4, 0.5) is 0 Å². The van der Waals surface area contributed by atoms with Crippen LogP contribution >= 0.6 is 11.8 Å². The molecule has 0 radical (unpaired) electrons. The number of hydrogen-bond donors (Lipinski definition) is 1. The van der Waals surface area contributed by atoms with Crippen LogP contribution in [-0.2, 0) is 6.54 Å². The molecule has 0 spiro atoms. The largest absolute Gasteiger partial charge is 0.497 e. The summed E-state index contributed by atoms with van der Waals surface area (Å²) in [5.41, 5.74) is 1.42. The zero-order valence-electron chi connectivity index (χ0n) is 14.8.